The molecule has 19 heavy (non-hydrogen) atoms. The monoisotopic (exact) mass is 299 g/mol. The van der Waals surface area contributed by atoms with Crippen LogP contribution < -0.4 is 11.1 Å². The van der Waals surface area contributed by atoms with Crippen molar-refractivity contribution in [1.29, 1.82) is 0 Å². The fourth-order valence-electron chi connectivity index (χ4n) is 1.42. The van der Waals surface area contributed by atoms with Crippen LogP contribution in [0.15, 0.2) is 30.5 Å². The number of carbonyl (C=O) groups is 1. The Morgan fingerprint density at radius 3 is 2.68 bits per heavy atom. The van der Waals surface area contributed by atoms with Gasteiger partial charge in [0.2, 0.25) is 5.95 Å². The molecule has 0 saturated heterocycles. The van der Waals surface area contributed by atoms with Gasteiger partial charge in [0.1, 0.15) is 0 Å². The number of hydrogen-bond donors (Lipinski definition) is 2. The molecule has 0 aliphatic rings. The summed E-state index contributed by atoms with van der Waals surface area (Å²) in [7, 11) is 0. The number of nitrogen functional groups attached to an aromatic ring is 1. The van der Waals surface area contributed by atoms with Crippen LogP contribution in [0.4, 0.5) is 15.8 Å². The summed E-state index contributed by atoms with van der Waals surface area (Å²) in [5, 5.41) is 2.80. The Balaban J connectivity index is 2.27. The summed E-state index contributed by atoms with van der Waals surface area (Å²) in [6, 6.07) is 5.35. The molecule has 0 saturated carbocycles. The zero-order valence-electron chi connectivity index (χ0n) is 9.45. The third kappa shape index (κ3) is 3.13. The van der Waals surface area contributed by atoms with Crippen molar-refractivity contribution in [3.05, 3.63) is 52.0 Å². The normalized spacial score (nSPS) is 10.3. The van der Waals surface area contributed by atoms with Gasteiger partial charge in [0.15, 0.2) is 0 Å². The number of pyridine rings is 1. The lowest BCUT2D eigenvalue weighted by Crippen LogP contribution is -2.13. The Morgan fingerprint density at radius 1 is 1.32 bits per heavy atom. The second-order valence-electron chi connectivity index (χ2n) is 3.69. The van der Waals surface area contributed by atoms with Crippen LogP contribution in [0.2, 0.25) is 10.0 Å². The van der Waals surface area contributed by atoms with Gasteiger partial charge in [-0.3, -0.25) is 4.79 Å². The summed E-state index contributed by atoms with van der Waals surface area (Å²) in [6.07, 6.45) is 1.19. The van der Waals surface area contributed by atoms with Crippen molar-refractivity contribution in [2.24, 2.45) is 0 Å². The summed E-state index contributed by atoms with van der Waals surface area (Å²) >= 11 is 11.8. The number of aromatic nitrogens is 1. The van der Waals surface area contributed by atoms with E-state index in [4.69, 9.17) is 28.9 Å². The Morgan fingerprint density at radius 2 is 2.05 bits per heavy atom. The summed E-state index contributed by atoms with van der Waals surface area (Å²) in [5.41, 5.74) is 6.38. The van der Waals surface area contributed by atoms with Crippen LogP contribution in [0.25, 0.3) is 0 Å². The van der Waals surface area contributed by atoms with Crippen LogP contribution in [-0.4, -0.2) is 10.9 Å². The zero-order chi connectivity index (χ0) is 14.0. The van der Waals surface area contributed by atoms with Crippen molar-refractivity contribution in [3.63, 3.8) is 0 Å². The van der Waals surface area contributed by atoms with E-state index in [-0.39, 0.29) is 15.6 Å². The second-order valence-corrected chi connectivity index (χ2v) is 4.47. The zero-order valence-corrected chi connectivity index (χ0v) is 11.0. The van der Waals surface area contributed by atoms with Crippen LogP contribution in [-0.2, 0) is 0 Å². The Bertz CT molecular complexity index is 632. The minimum absolute atomic E-state index is 0.100. The molecule has 7 heteroatoms. The number of halogens is 3. The molecule has 1 amide bonds. The van der Waals surface area contributed by atoms with E-state index in [9.17, 15) is 9.18 Å². The molecule has 0 bridgehead atoms. The predicted molar refractivity (Wildman–Crippen MR) is 73.0 cm³/mol. The molecule has 2 aromatic rings. The molecule has 1 aromatic heterocycles. The number of hydrogen-bond acceptors (Lipinski definition) is 3. The van der Waals surface area contributed by atoms with Crippen molar-refractivity contribution in [2.45, 2.75) is 0 Å². The van der Waals surface area contributed by atoms with Crippen molar-refractivity contribution in [2.75, 3.05) is 11.1 Å². The molecule has 0 radical (unpaired) electrons. The standard InChI is InChI=1S/C12H8Cl2FN3O/c13-9-4-6(16)3-8(11(9)14)12(19)18-7-1-2-10(15)17-5-7/h1-5H,16H2,(H,18,19). The van der Waals surface area contributed by atoms with Crippen molar-refractivity contribution >= 4 is 40.5 Å². The molecule has 98 valence electrons. The van der Waals surface area contributed by atoms with E-state index in [1.807, 2.05) is 0 Å². The molecule has 2 rings (SSSR count). The third-order valence-electron chi connectivity index (χ3n) is 2.28. The van der Waals surface area contributed by atoms with Gasteiger partial charge in [-0.25, -0.2) is 4.98 Å². The minimum Gasteiger partial charge on any atom is -0.399 e. The van der Waals surface area contributed by atoms with E-state index in [0.717, 1.165) is 6.07 Å². The first-order chi connectivity index (χ1) is 8.97. The molecular formula is C12H8Cl2FN3O. The number of nitrogens with zero attached hydrogens (tertiary/aromatic N) is 1. The lowest BCUT2D eigenvalue weighted by atomic mass is 10.2. The Labute approximate surface area is 118 Å². The van der Waals surface area contributed by atoms with Gasteiger partial charge in [-0.2, -0.15) is 4.39 Å². The van der Waals surface area contributed by atoms with Crippen LogP contribution in [0.1, 0.15) is 10.4 Å². The molecule has 4 nitrogen and oxygen atoms in total. The first-order valence-corrected chi connectivity index (χ1v) is 5.90. The van der Waals surface area contributed by atoms with E-state index in [0.29, 0.717) is 11.4 Å². The van der Waals surface area contributed by atoms with Crippen LogP contribution in [0.3, 0.4) is 0 Å². The van der Waals surface area contributed by atoms with Gasteiger partial charge in [-0.05, 0) is 24.3 Å². The van der Waals surface area contributed by atoms with Crippen LogP contribution in [0.5, 0.6) is 0 Å². The maximum atomic E-state index is 12.6. The predicted octanol–water partition coefficient (Wildman–Crippen LogP) is 3.36. The van der Waals surface area contributed by atoms with Crippen molar-refractivity contribution in [3.8, 4) is 0 Å². The molecular weight excluding hydrogens is 292 g/mol. The van der Waals surface area contributed by atoms with E-state index >= 15 is 0 Å². The van der Waals surface area contributed by atoms with Gasteiger partial charge in [0.05, 0.1) is 27.5 Å². The molecule has 0 fully saturated rings. The molecule has 0 aliphatic carbocycles. The maximum absolute atomic E-state index is 12.6. The average molecular weight is 300 g/mol. The van der Waals surface area contributed by atoms with E-state index in [2.05, 4.69) is 10.3 Å². The lowest BCUT2D eigenvalue weighted by Gasteiger charge is -2.08. The summed E-state index contributed by atoms with van der Waals surface area (Å²) in [6.45, 7) is 0. The number of nitrogens with one attached hydrogen (secondary N) is 1. The third-order valence-corrected chi connectivity index (χ3v) is 3.08. The second kappa shape index (κ2) is 5.42. The van der Waals surface area contributed by atoms with Gasteiger partial charge in [0, 0.05) is 5.69 Å². The smallest absolute Gasteiger partial charge is 0.257 e. The Kier molecular flexibility index (Phi) is 3.87. The fraction of sp³-hybridized carbons (Fsp3) is 0. The van der Waals surface area contributed by atoms with Gasteiger partial charge >= 0.3 is 0 Å². The average Bonchev–Trinajstić information content (AvgIpc) is 2.36. The molecule has 0 atom stereocenters. The number of rotatable bonds is 2. The molecule has 0 unspecified atom stereocenters. The first-order valence-electron chi connectivity index (χ1n) is 5.15. The maximum Gasteiger partial charge on any atom is 0.257 e. The van der Waals surface area contributed by atoms with Crippen molar-refractivity contribution < 1.29 is 9.18 Å². The van der Waals surface area contributed by atoms with Crippen LogP contribution >= 0.6 is 23.2 Å². The highest BCUT2D eigenvalue weighted by atomic mass is 35.5. The first kappa shape index (κ1) is 13.6. The number of amides is 1. The topological polar surface area (TPSA) is 68.0 Å². The highest BCUT2D eigenvalue weighted by Crippen LogP contribution is 2.29. The summed E-state index contributed by atoms with van der Waals surface area (Å²) in [5.74, 6) is -1.14. The van der Waals surface area contributed by atoms with Crippen LogP contribution in [0, 0.1) is 5.95 Å². The summed E-state index contributed by atoms with van der Waals surface area (Å²) in [4.78, 5) is 15.4. The number of nitrogens with two attached hydrogens (primary N) is 1. The summed E-state index contributed by atoms with van der Waals surface area (Å²) < 4.78 is 12.6. The SMILES string of the molecule is Nc1cc(Cl)c(Cl)c(C(=O)Nc2ccc(F)nc2)c1. The quantitative estimate of drug-likeness (QED) is 0.660. The van der Waals surface area contributed by atoms with Gasteiger partial charge in [0.25, 0.3) is 5.91 Å². The fourth-order valence-corrected chi connectivity index (χ4v) is 1.85. The molecule has 0 spiro atoms. The lowest BCUT2D eigenvalue weighted by molar-refractivity contribution is 0.102. The van der Waals surface area contributed by atoms with E-state index in [1.165, 1.54) is 24.4 Å². The van der Waals surface area contributed by atoms with E-state index < -0.39 is 11.9 Å². The molecule has 1 heterocycles. The van der Waals surface area contributed by atoms with Gasteiger partial charge in [-0.15, -0.1) is 0 Å². The highest BCUT2D eigenvalue weighted by Gasteiger charge is 2.14. The number of anilines is 2. The minimum atomic E-state index is -0.636. The number of carbonyl (C=O) groups excluding carboxylic acids is 1. The molecule has 1 aromatic carbocycles. The Hall–Kier alpha value is -1.85. The molecule has 0 aliphatic heterocycles. The van der Waals surface area contributed by atoms with E-state index in [1.54, 1.807) is 0 Å². The number of benzene rings is 1. The largest absolute Gasteiger partial charge is 0.399 e. The van der Waals surface area contributed by atoms with Gasteiger partial charge in [-0.1, -0.05) is 23.2 Å². The van der Waals surface area contributed by atoms with Crippen molar-refractivity contribution in [1.82, 2.24) is 4.98 Å². The highest BCUT2D eigenvalue weighted by molar-refractivity contribution is 6.44. The molecule has 3 N–H and O–H groups in total. The van der Waals surface area contributed by atoms with Gasteiger partial charge < -0.3 is 11.1 Å².